The third kappa shape index (κ3) is 3.56. The SMILES string of the molecule is CC(C)C(C)N(C)S(=O)(=O)c1cc(CO)ccc1Br. The summed E-state index contributed by atoms with van der Waals surface area (Å²) in [4.78, 5) is 0.189. The molecule has 0 bridgehead atoms. The molecular weight excluding hydrogens is 330 g/mol. The second kappa shape index (κ2) is 6.35. The van der Waals surface area contributed by atoms with Gasteiger partial charge in [0.2, 0.25) is 10.0 Å². The van der Waals surface area contributed by atoms with Crippen LogP contribution in [0.1, 0.15) is 26.3 Å². The largest absolute Gasteiger partial charge is 0.392 e. The van der Waals surface area contributed by atoms with E-state index in [0.717, 1.165) is 0 Å². The van der Waals surface area contributed by atoms with E-state index in [2.05, 4.69) is 15.9 Å². The van der Waals surface area contributed by atoms with Gasteiger partial charge in [0, 0.05) is 17.6 Å². The lowest BCUT2D eigenvalue weighted by atomic mass is 10.1. The average molecular weight is 350 g/mol. The minimum Gasteiger partial charge on any atom is -0.392 e. The van der Waals surface area contributed by atoms with Gasteiger partial charge in [-0.1, -0.05) is 19.9 Å². The highest BCUT2D eigenvalue weighted by atomic mass is 79.9. The fourth-order valence-electron chi connectivity index (χ4n) is 1.64. The first-order valence-corrected chi connectivity index (χ1v) is 8.32. The Balaban J connectivity index is 3.27. The molecule has 0 aliphatic rings. The van der Waals surface area contributed by atoms with Crippen molar-refractivity contribution in [3.05, 3.63) is 28.2 Å². The lowest BCUT2D eigenvalue weighted by Crippen LogP contribution is -2.38. The van der Waals surface area contributed by atoms with Gasteiger partial charge in [0.25, 0.3) is 0 Å². The maximum atomic E-state index is 12.6. The third-order valence-electron chi connectivity index (χ3n) is 3.37. The molecule has 0 spiro atoms. The maximum Gasteiger partial charge on any atom is 0.244 e. The Morgan fingerprint density at radius 3 is 2.37 bits per heavy atom. The quantitative estimate of drug-likeness (QED) is 0.888. The standard InChI is InChI=1S/C13H20BrNO3S/c1-9(2)10(3)15(4)19(17,18)13-7-11(8-16)5-6-12(13)14/h5-7,9-10,16H,8H2,1-4H3. The molecule has 1 N–H and O–H groups in total. The summed E-state index contributed by atoms with van der Waals surface area (Å²) in [5.74, 6) is 0.222. The first-order valence-electron chi connectivity index (χ1n) is 6.09. The van der Waals surface area contributed by atoms with E-state index in [-0.39, 0.29) is 23.5 Å². The molecule has 0 saturated carbocycles. The number of nitrogens with zero attached hydrogens (tertiary/aromatic N) is 1. The van der Waals surface area contributed by atoms with Gasteiger partial charge in [-0.3, -0.25) is 0 Å². The summed E-state index contributed by atoms with van der Waals surface area (Å²) in [5, 5.41) is 9.13. The normalized spacial score (nSPS) is 14.1. The van der Waals surface area contributed by atoms with Crippen LogP contribution >= 0.6 is 15.9 Å². The molecule has 0 aromatic heterocycles. The Bertz CT molecular complexity index is 543. The molecule has 6 heteroatoms. The minimum absolute atomic E-state index is 0.102. The fourth-order valence-corrected chi connectivity index (χ4v) is 4.10. The predicted molar refractivity (Wildman–Crippen MR) is 79.3 cm³/mol. The first-order chi connectivity index (χ1) is 8.71. The number of hydrogen-bond donors (Lipinski definition) is 1. The number of hydrogen-bond acceptors (Lipinski definition) is 3. The molecule has 0 aliphatic heterocycles. The number of rotatable bonds is 5. The molecule has 1 aromatic carbocycles. The number of aliphatic hydroxyl groups is 1. The van der Waals surface area contributed by atoms with E-state index in [1.54, 1.807) is 19.2 Å². The van der Waals surface area contributed by atoms with Gasteiger partial charge in [-0.15, -0.1) is 0 Å². The Hall–Kier alpha value is -0.430. The molecule has 1 atom stereocenters. The second-order valence-electron chi connectivity index (χ2n) is 4.93. The summed E-state index contributed by atoms with van der Waals surface area (Å²) in [7, 11) is -1.99. The van der Waals surface area contributed by atoms with Gasteiger partial charge in [0.05, 0.1) is 11.5 Å². The van der Waals surface area contributed by atoms with Crippen LogP contribution in [-0.4, -0.2) is 30.9 Å². The molecule has 1 unspecified atom stereocenters. The van der Waals surface area contributed by atoms with Crippen LogP contribution in [0.3, 0.4) is 0 Å². The molecule has 0 aliphatic carbocycles. The van der Waals surface area contributed by atoms with Crippen LogP contribution in [0.5, 0.6) is 0 Å². The van der Waals surface area contributed by atoms with Crippen molar-refractivity contribution in [2.24, 2.45) is 5.92 Å². The number of aliphatic hydroxyl groups excluding tert-OH is 1. The summed E-state index contributed by atoms with van der Waals surface area (Å²) >= 11 is 3.26. The van der Waals surface area contributed by atoms with Crippen LogP contribution < -0.4 is 0 Å². The Kier molecular flexibility index (Phi) is 5.55. The summed E-state index contributed by atoms with van der Waals surface area (Å²) in [6, 6.07) is 4.74. The van der Waals surface area contributed by atoms with Gasteiger partial charge in [0.1, 0.15) is 0 Å². The molecule has 0 saturated heterocycles. The van der Waals surface area contributed by atoms with Crippen LogP contribution in [0.4, 0.5) is 0 Å². The van der Waals surface area contributed by atoms with E-state index in [9.17, 15) is 8.42 Å². The van der Waals surface area contributed by atoms with Crippen LogP contribution in [0.15, 0.2) is 27.6 Å². The zero-order valence-electron chi connectivity index (χ0n) is 11.6. The van der Waals surface area contributed by atoms with Crippen molar-refractivity contribution in [1.29, 1.82) is 0 Å². The van der Waals surface area contributed by atoms with Crippen molar-refractivity contribution in [3.8, 4) is 0 Å². The van der Waals surface area contributed by atoms with Gasteiger partial charge in [-0.2, -0.15) is 4.31 Å². The zero-order valence-corrected chi connectivity index (χ0v) is 14.0. The molecule has 1 aromatic rings. The van der Waals surface area contributed by atoms with Crippen LogP contribution in [-0.2, 0) is 16.6 Å². The highest BCUT2D eigenvalue weighted by molar-refractivity contribution is 9.10. The highest BCUT2D eigenvalue weighted by Gasteiger charge is 2.28. The van der Waals surface area contributed by atoms with Crippen molar-refractivity contribution < 1.29 is 13.5 Å². The van der Waals surface area contributed by atoms with Gasteiger partial charge >= 0.3 is 0 Å². The van der Waals surface area contributed by atoms with Crippen LogP contribution in [0.25, 0.3) is 0 Å². The summed E-state index contributed by atoms with van der Waals surface area (Å²) in [6.07, 6.45) is 0. The molecule has 0 heterocycles. The van der Waals surface area contributed by atoms with Gasteiger partial charge < -0.3 is 5.11 Å². The Morgan fingerprint density at radius 2 is 1.89 bits per heavy atom. The van der Waals surface area contributed by atoms with Gasteiger partial charge in [0.15, 0.2) is 0 Å². The zero-order chi connectivity index (χ0) is 14.8. The van der Waals surface area contributed by atoms with Gasteiger partial charge in [-0.05, 0) is 46.5 Å². The molecule has 108 valence electrons. The second-order valence-corrected chi connectivity index (χ2v) is 7.75. The number of halogens is 1. The summed E-state index contributed by atoms with van der Waals surface area (Å²) in [5.41, 5.74) is 0.576. The fraction of sp³-hybridized carbons (Fsp3) is 0.538. The maximum absolute atomic E-state index is 12.6. The van der Waals surface area contributed by atoms with E-state index in [1.807, 2.05) is 20.8 Å². The number of benzene rings is 1. The third-order valence-corrected chi connectivity index (χ3v) is 6.31. The van der Waals surface area contributed by atoms with Crippen LogP contribution in [0.2, 0.25) is 0 Å². The van der Waals surface area contributed by atoms with E-state index in [4.69, 9.17) is 5.11 Å². The molecule has 0 amide bonds. The monoisotopic (exact) mass is 349 g/mol. The lowest BCUT2D eigenvalue weighted by molar-refractivity contribution is 0.281. The summed E-state index contributed by atoms with van der Waals surface area (Å²) in [6.45, 7) is 5.66. The topological polar surface area (TPSA) is 57.6 Å². The molecule has 1 rings (SSSR count). The van der Waals surface area contributed by atoms with Crippen molar-refractivity contribution >= 4 is 26.0 Å². The van der Waals surface area contributed by atoms with E-state index < -0.39 is 10.0 Å². The van der Waals surface area contributed by atoms with Crippen molar-refractivity contribution in [2.45, 2.75) is 38.3 Å². The Morgan fingerprint density at radius 1 is 1.32 bits per heavy atom. The van der Waals surface area contributed by atoms with E-state index in [0.29, 0.717) is 10.0 Å². The van der Waals surface area contributed by atoms with Crippen molar-refractivity contribution in [1.82, 2.24) is 4.31 Å². The molecule has 0 fully saturated rings. The predicted octanol–water partition coefficient (Wildman–Crippen LogP) is 2.61. The van der Waals surface area contributed by atoms with Crippen molar-refractivity contribution in [3.63, 3.8) is 0 Å². The number of sulfonamides is 1. The highest BCUT2D eigenvalue weighted by Crippen LogP contribution is 2.27. The lowest BCUT2D eigenvalue weighted by Gasteiger charge is -2.27. The van der Waals surface area contributed by atoms with Gasteiger partial charge in [-0.25, -0.2) is 8.42 Å². The van der Waals surface area contributed by atoms with E-state index >= 15 is 0 Å². The molecular formula is C13H20BrNO3S. The minimum atomic E-state index is -3.57. The summed E-state index contributed by atoms with van der Waals surface area (Å²) < 4.78 is 27.0. The van der Waals surface area contributed by atoms with Crippen molar-refractivity contribution in [2.75, 3.05) is 7.05 Å². The smallest absolute Gasteiger partial charge is 0.244 e. The van der Waals surface area contributed by atoms with Crippen LogP contribution in [0, 0.1) is 5.92 Å². The van der Waals surface area contributed by atoms with E-state index in [1.165, 1.54) is 10.4 Å². The average Bonchev–Trinajstić information content (AvgIpc) is 2.37. The molecule has 19 heavy (non-hydrogen) atoms. The first kappa shape index (κ1) is 16.6. The molecule has 4 nitrogen and oxygen atoms in total. The Labute approximate surface area is 123 Å². The molecule has 0 radical (unpaired) electrons.